The van der Waals surface area contributed by atoms with Crippen LogP contribution in [0.2, 0.25) is 5.02 Å². The number of anilines is 1. The van der Waals surface area contributed by atoms with Crippen LogP contribution in [0.3, 0.4) is 0 Å². The molecule has 9 heteroatoms. The average molecular weight is 522 g/mol. The van der Waals surface area contributed by atoms with Gasteiger partial charge in [-0.2, -0.15) is 0 Å². The highest BCUT2D eigenvalue weighted by Crippen LogP contribution is 2.26. The molecule has 0 saturated heterocycles. The van der Waals surface area contributed by atoms with E-state index < -0.39 is 28.5 Å². The zero-order valence-corrected chi connectivity index (χ0v) is 22.9. The first-order valence-electron chi connectivity index (χ1n) is 11.8. The van der Waals surface area contributed by atoms with Crippen molar-refractivity contribution in [1.29, 1.82) is 0 Å². The van der Waals surface area contributed by atoms with Crippen LogP contribution in [0.5, 0.6) is 0 Å². The van der Waals surface area contributed by atoms with Gasteiger partial charge >= 0.3 is 0 Å². The topological polar surface area (TPSA) is 86.8 Å². The molecule has 0 aromatic heterocycles. The minimum absolute atomic E-state index is 0.0590. The first kappa shape index (κ1) is 28.7. The molecule has 0 aliphatic rings. The molecule has 0 aliphatic carbocycles. The highest BCUT2D eigenvalue weighted by molar-refractivity contribution is 7.92. The fraction of sp³-hybridized carbons (Fsp3) is 0.462. The van der Waals surface area contributed by atoms with Gasteiger partial charge in [0.2, 0.25) is 21.8 Å². The summed E-state index contributed by atoms with van der Waals surface area (Å²) in [6.45, 7) is 9.05. The third-order valence-corrected chi connectivity index (χ3v) is 7.70. The number of rotatable bonds is 11. The van der Waals surface area contributed by atoms with Gasteiger partial charge in [-0.05, 0) is 62.4 Å². The average Bonchev–Trinajstić information content (AvgIpc) is 2.79. The molecular weight excluding hydrogens is 486 g/mol. The number of sulfonamides is 1. The van der Waals surface area contributed by atoms with E-state index in [4.69, 9.17) is 11.6 Å². The molecule has 0 aliphatic heterocycles. The lowest BCUT2D eigenvalue weighted by molar-refractivity contribution is -0.140. The van der Waals surface area contributed by atoms with Gasteiger partial charge in [0, 0.05) is 17.6 Å². The van der Waals surface area contributed by atoms with Crippen molar-refractivity contribution in [3.63, 3.8) is 0 Å². The number of nitrogens with zero attached hydrogens (tertiary/aromatic N) is 2. The standard InChI is InChI=1S/C26H36ClN3O4S/c1-7-19(4)28-26(32)23(8-2)29(16-21-13-9-10-14-22(21)27)25(31)17-30(35(6,33)34)24-15-11-12-18(3)20(24)5/h9-15,19,23H,7-8,16-17H2,1-6H3,(H,28,32)/t19-,23+/m1/s1. The number of carbonyl (C=O) groups excluding carboxylic acids is 2. The fourth-order valence-corrected chi connectivity index (χ4v) is 4.87. The Morgan fingerprint density at radius 3 is 2.26 bits per heavy atom. The summed E-state index contributed by atoms with van der Waals surface area (Å²) in [4.78, 5) is 28.3. The first-order chi connectivity index (χ1) is 16.4. The van der Waals surface area contributed by atoms with Gasteiger partial charge in [0.15, 0.2) is 0 Å². The van der Waals surface area contributed by atoms with E-state index in [0.29, 0.717) is 22.7 Å². The quantitative estimate of drug-likeness (QED) is 0.473. The largest absolute Gasteiger partial charge is 0.352 e. The van der Waals surface area contributed by atoms with Crippen molar-refractivity contribution < 1.29 is 18.0 Å². The molecule has 192 valence electrons. The molecule has 0 fully saturated rings. The Hall–Kier alpha value is -2.58. The molecule has 2 aromatic carbocycles. The number of halogens is 1. The Morgan fingerprint density at radius 2 is 1.69 bits per heavy atom. The third kappa shape index (κ3) is 7.45. The molecule has 2 rings (SSSR count). The van der Waals surface area contributed by atoms with E-state index >= 15 is 0 Å². The van der Waals surface area contributed by atoms with E-state index in [9.17, 15) is 18.0 Å². The third-order valence-electron chi connectivity index (χ3n) is 6.21. The van der Waals surface area contributed by atoms with E-state index in [-0.39, 0.29) is 18.5 Å². The van der Waals surface area contributed by atoms with E-state index in [1.54, 1.807) is 30.3 Å². The number of hydrogen-bond acceptors (Lipinski definition) is 4. The van der Waals surface area contributed by atoms with Gasteiger partial charge in [-0.1, -0.05) is 55.8 Å². The molecule has 2 aromatic rings. The van der Waals surface area contributed by atoms with Crippen LogP contribution >= 0.6 is 11.6 Å². The minimum Gasteiger partial charge on any atom is -0.352 e. The molecule has 0 saturated carbocycles. The number of nitrogens with one attached hydrogen (secondary N) is 1. The lowest BCUT2D eigenvalue weighted by Crippen LogP contribution is -2.53. The smallest absolute Gasteiger partial charge is 0.244 e. The number of carbonyl (C=O) groups is 2. The Balaban J connectivity index is 2.50. The van der Waals surface area contributed by atoms with Crippen molar-refractivity contribution >= 4 is 39.1 Å². The molecule has 0 unspecified atom stereocenters. The Labute approximate surface area is 214 Å². The lowest BCUT2D eigenvalue weighted by Gasteiger charge is -2.34. The van der Waals surface area contributed by atoms with Gasteiger partial charge in [-0.3, -0.25) is 13.9 Å². The number of aryl methyl sites for hydroxylation is 1. The van der Waals surface area contributed by atoms with Crippen LogP contribution in [0.4, 0.5) is 5.69 Å². The SMILES string of the molecule is CC[C@@H](C)NC(=O)[C@H](CC)N(Cc1ccccc1Cl)C(=O)CN(c1cccc(C)c1C)S(C)(=O)=O. The van der Waals surface area contributed by atoms with E-state index in [1.165, 1.54) is 4.90 Å². The van der Waals surface area contributed by atoms with Gasteiger partial charge in [0.25, 0.3) is 0 Å². The maximum atomic E-state index is 13.7. The Bertz CT molecular complexity index is 1150. The number of hydrogen-bond donors (Lipinski definition) is 1. The summed E-state index contributed by atoms with van der Waals surface area (Å²) in [5, 5.41) is 3.42. The highest BCUT2D eigenvalue weighted by atomic mass is 35.5. The monoisotopic (exact) mass is 521 g/mol. The summed E-state index contributed by atoms with van der Waals surface area (Å²) in [6.07, 6.45) is 2.18. The second-order valence-corrected chi connectivity index (χ2v) is 11.2. The lowest BCUT2D eigenvalue weighted by atomic mass is 10.1. The molecule has 7 nitrogen and oxygen atoms in total. The Kier molecular flexibility index (Phi) is 10.2. The maximum absolute atomic E-state index is 13.7. The molecular formula is C26H36ClN3O4S. The van der Waals surface area contributed by atoms with Crippen molar-refractivity contribution in [2.75, 3.05) is 17.1 Å². The predicted octanol–water partition coefficient (Wildman–Crippen LogP) is 4.44. The van der Waals surface area contributed by atoms with Crippen LogP contribution in [0.15, 0.2) is 42.5 Å². The van der Waals surface area contributed by atoms with Crippen molar-refractivity contribution in [2.24, 2.45) is 0 Å². The van der Waals surface area contributed by atoms with Crippen molar-refractivity contribution in [3.05, 3.63) is 64.2 Å². The van der Waals surface area contributed by atoms with E-state index in [0.717, 1.165) is 28.1 Å². The molecule has 2 amide bonds. The number of benzene rings is 2. The minimum atomic E-state index is -3.78. The zero-order chi connectivity index (χ0) is 26.3. The van der Waals surface area contributed by atoms with Crippen LogP contribution in [0.25, 0.3) is 0 Å². The van der Waals surface area contributed by atoms with E-state index in [1.807, 2.05) is 46.8 Å². The normalized spacial score (nSPS) is 13.1. The zero-order valence-electron chi connectivity index (χ0n) is 21.3. The molecule has 0 spiro atoms. The van der Waals surface area contributed by atoms with Gasteiger partial charge < -0.3 is 10.2 Å². The van der Waals surface area contributed by atoms with Crippen LogP contribution in [-0.4, -0.2) is 50.0 Å². The fourth-order valence-electron chi connectivity index (χ4n) is 3.77. The Morgan fingerprint density at radius 1 is 1.03 bits per heavy atom. The van der Waals surface area contributed by atoms with Crippen LogP contribution < -0.4 is 9.62 Å². The molecule has 0 heterocycles. The van der Waals surface area contributed by atoms with Crippen LogP contribution in [0, 0.1) is 13.8 Å². The molecule has 0 radical (unpaired) electrons. The molecule has 1 N–H and O–H groups in total. The molecule has 35 heavy (non-hydrogen) atoms. The summed E-state index contributed by atoms with van der Waals surface area (Å²) in [5.74, 6) is -0.762. The summed E-state index contributed by atoms with van der Waals surface area (Å²) < 4.78 is 26.7. The van der Waals surface area contributed by atoms with Crippen LogP contribution in [0.1, 0.15) is 50.3 Å². The van der Waals surface area contributed by atoms with Crippen molar-refractivity contribution in [3.8, 4) is 0 Å². The first-order valence-corrected chi connectivity index (χ1v) is 14.0. The summed E-state index contributed by atoms with van der Waals surface area (Å²) in [6, 6.07) is 11.6. The summed E-state index contributed by atoms with van der Waals surface area (Å²) in [7, 11) is -3.78. The number of amides is 2. The molecule has 2 atom stereocenters. The van der Waals surface area contributed by atoms with Crippen LogP contribution in [-0.2, 0) is 26.2 Å². The van der Waals surface area contributed by atoms with Gasteiger partial charge in [0.05, 0.1) is 11.9 Å². The highest BCUT2D eigenvalue weighted by Gasteiger charge is 2.32. The second-order valence-electron chi connectivity index (χ2n) is 8.84. The van der Waals surface area contributed by atoms with Crippen molar-refractivity contribution in [2.45, 2.75) is 66.1 Å². The second kappa shape index (κ2) is 12.4. The summed E-state index contributed by atoms with van der Waals surface area (Å²) >= 11 is 6.37. The predicted molar refractivity (Wildman–Crippen MR) is 142 cm³/mol. The van der Waals surface area contributed by atoms with Gasteiger partial charge in [0.1, 0.15) is 12.6 Å². The molecule has 0 bridgehead atoms. The van der Waals surface area contributed by atoms with E-state index in [2.05, 4.69) is 5.32 Å². The maximum Gasteiger partial charge on any atom is 0.244 e. The van der Waals surface area contributed by atoms with Crippen molar-refractivity contribution in [1.82, 2.24) is 10.2 Å². The van der Waals surface area contributed by atoms with Gasteiger partial charge in [-0.15, -0.1) is 0 Å². The van der Waals surface area contributed by atoms with Gasteiger partial charge in [-0.25, -0.2) is 8.42 Å². The summed E-state index contributed by atoms with van der Waals surface area (Å²) in [5.41, 5.74) is 2.80.